The van der Waals surface area contributed by atoms with Crippen molar-refractivity contribution in [2.24, 2.45) is 0 Å². The predicted octanol–water partition coefficient (Wildman–Crippen LogP) is 1.86. The van der Waals surface area contributed by atoms with E-state index in [0.717, 1.165) is 11.1 Å². The highest BCUT2D eigenvalue weighted by Crippen LogP contribution is 2.31. The topological polar surface area (TPSA) is 110 Å². The molecule has 1 amide bonds. The van der Waals surface area contributed by atoms with Crippen molar-refractivity contribution in [3.63, 3.8) is 0 Å². The van der Waals surface area contributed by atoms with Crippen LogP contribution < -0.4 is 9.62 Å². The van der Waals surface area contributed by atoms with Gasteiger partial charge in [0.1, 0.15) is 6.54 Å². The largest absolute Gasteiger partial charge is 0.456 e. The minimum absolute atomic E-state index is 0.00346. The fourth-order valence-corrected chi connectivity index (χ4v) is 4.47. The van der Waals surface area contributed by atoms with Crippen molar-refractivity contribution in [2.45, 2.75) is 20.3 Å². The number of nitrogens with one attached hydrogen (secondary N) is 1. The smallest absolute Gasteiger partial charge is 0.325 e. The lowest BCUT2D eigenvalue weighted by Crippen LogP contribution is -2.31. The number of hydrogen-bond donors (Lipinski definition) is 1. The Kier molecular flexibility index (Phi) is 6.74. The van der Waals surface area contributed by atoms with Crippen LogP contribution in [0.4, 0.5) is 5.69 Å². The third kappa shape index (κ3) is 5.29. The summed E-state index contributed by atoms with van der Waals surface area (Å²) in [5.41, 5.74) is 3.03. The minimum atomic E-state index is -3.36. The Morgan fingerprint density at radius 3 is 2.58 bits per heavy atom. The van der Waals surface area contributed by atoms with Crippen molar-refractivity contribution in [2.75, 3.05) is 29.8 Å². The van der Waals surface area contributed by atoms with Crippen LogP contribution in [0.3, 0.4) is 0 Å². The summed E-state index contributed by atoms with van der Waals surface area (Å²) in [5.74, 6) is -1.53. The first-order chi connectivity index (χ1) is 14.7. The van der Waals surface area contributed by atoms with E-state index in [-0.39, 0.29) is 12.3 Å². The van der Waals surface area contributed by atoms with Crippen molar-refractivity contribution in [1.29, 1.82) is 0 Å². The fraction of sp³-hybridized carbons (Fsp3) is 0.318. The Labute approximate surface area is 181 Å². The molecule has 2 aromatic rings. The molecule has 1 aliphatic heterocycles. The number of carbonyl (C=O) groups is 3. The molecule has 1 aliphatic rings. The number of ether oxygens (including phenoxy) is 1. The summed E-state index contributed by atoms with van der Waals surface area (Å²) in [6.07, 6.45) is 0.514. The molecule has 31 heavy (non-hydrogen) atoms. The van der Waals surface area contributed by atoms with Crippen LogP contribution >= 0.6 is 0 Å². The van der Waals surface area contributed by atoms with E-state index in [1.54, 1.807) is 37.3 Å². The Bertz CT molecular complexity index is 1130. The highest BCUT2D eigenvalue weighted by molar-refractivity contribution is 7.92. The van der Waals surface area contributed by atoms with E-state index in [4.69, 9.17) is 4.74 Å². The van der Waals surface area contributed by atoms with Crippen molar-refractivity contribution in [3.8, 4) is 0 Å². The van der Waals surface area contributed by atoms with Gasteiger partial charge in [0.25, 0.3) is 5.91 Å². The van der Waals surface area contributed by atoms with E-state index in [0.29, 0.717) is 29.8 Å². The number of nitrogens with zero attached hydrogens (tertiary/aromatic N) is 1. The summed E-state index contributed by atoms with van der Waals surface area (Å²) >= 11 is 0. The molecule has 0 aromatic heterocycles. The van der Waals surface area contributed by atoms with Crippen LogP contribution in [0.5, 0.6) is 0 Å². The van der Waals surface area contributed by atoms with Gasteiger partial charge in [-0.3, -0.25) is 18.7 Å². The molecule has 9 heteroatoms. The van der Waals surface area contributed by atoms with Crippen molar-refractivity contribution < 1.29 is 27.5 Å². The van der Waals surface area contributed by atoms with E-state index in [1.807, 2.05) is 13.0 Å². The predicted molar refractivity (Wildman–Crippen MR) is 116 cm³/mol. The lowest BCUT2D eigenvalue weighted by molar-refractivity contribution is -0.141. The summed E-state index contributed by atoms with van der Waals surface area (Å²) in [4.78, 5) is 36.3. The van der Waals surface area contributed by atoms with Gasteiger partial charge in [-0.05, 0) is 56.2 Å². The summed E-state index contributed by atoms with van der Waals surface area (Å²) in [6.45, 7) is 2.97. The lowest BCUT2D eigenvalue weighted by atomic mass is 10.1. The number of sulfonamides is 1. The molecular formula is C22H24N2O6S. The van der Waals surface area contributed by atoms with Crippen molar-refractivity contribution in [1.82, 2.24) is 5.32 Å². The summed E-state index contributed by atoms with van der Waals surface area (Å²) in [5, 5.41) is 2.46. The summed E-state index contributed by atoms with van der Waals surface area (Å²) in [7, 11) is -3.36. The monoisotopic (exact) mass is 444 g/mol. The van der Waals surface area contributed by atoms with Crippen LogP contribution in [0, 0.1) is 6.92 Å². The summed E-state index contributed by atoms with van der Waals surface area (Å²) in [6, 6.07) is 11.7. The first kappa shape index (κ1) is 22.5. The van der Waals surface area contributed by atoms with Crippen LogP contribution in [0.25, 0.3) is 0 Å². The third-order valence-electron chi connectivity index (χ3n) is 4.99. The number of rotatable bonds is 8. The normalized spacial score (nSPS) is 12.9. The Morgan fingerprint density at radius 1 is 1.10 bits per heavy atom. The molecule has 0 bridgehead atoms. The maximum absolute atomic E-state index is 12.4. The highest BCUT2D eigenvalue weighted by atomic mass is 32.2. The fourth-order valence-electron chi connectivity index (χ4n) is 3.31. The standard InChI is InChI=1S/C22H24N2O6S/c1-3-31(28,29)24-10-9-16-12-17(7-8-19(16)24)20(25)14-30-21(26)13-23-22(27)18-6-4-5-15(2)11-18/h4-8,11-12H,3,9-10,13-14H2,1-2H3,(H,23,27). The van der Waals surface area contributed by atoms with Gasteiger partial charge in [0, 0.05) is 17.7 Å². The quantitative estimate of drug-likeness (QED) is 0.492. The SMILES string of the molecule is CCS(=O)(=O)N1CCc2cc(C(=O)COC(=O)CNC(=O)c3cccc(C)c3)ccc21. The minimum Gasteiger partial charge on any atom is -0.456 e. The Balaban J connectivity index is 1.53. The maximum Gasteiger partial charge on any atom is 0.325 e. The molecule has 3 rings (SSSR count). The molecule has 164 valence electrons. The number of hydrogen-bond acceptors (Lipinski definition) is 6. The second kappa shape index (κ2) is 9.30. The lowest BCUT2D eigenvalue weighted by Gasteiger charge is -2.18. The van der Waals surface area contributed by atoms with Crippen LogP contribution in [0.15, 0.2) is 42.5 Å². The van der Waals surface area contributed by atoms with Crippen molar-refractivity contribution in [3.05, 3.63) is 64.7 Å². The zero-order valence-electron chi connectivity index (χ0n) is 17.4. The highest BCUT2D eigenvalue weighted by Gasteiger charge is 2.28. The van der Waals surface area contributed by atoms with E-state index in [2.05, 4.69) is 5.32 Å². The number of esters is 1. The van der Waals surface area contributed by atoms with Gasteiger partial charge in [-0.15, -0.1) is 0 Å². The average molecular weight is 445 g/mol. The number of benzene rings is 2. The van der Waals surface area contributed by atoms with Crippen LogP contribution in [0.2, 0.25) is 0 Å². The second-order valence-electron chi connectivity index (χ2n) is 7.20. The zero-order chi connectivity index (χ0) is 22.6. The van der Waals surface area contributed by atoms with Crippen LogP contribution in [-0.2, 0) is 26.0 Å². The van der Waals surface area contributed by atoms with Crippen LogP contribution in [0.1, 0.15) is 38.8 Å². The number of amides is 1. The van der Waals surface area contributed by atoms with Crippen LogP contribution in [-0.4, -0.2) is 51.5 Å². The van der Waals surface area contributed by atoms with Gasteiger partial charge < -0.3 is 10.1 Å². The molecule has 0 atom stereocenters. The molecule has 1 N–H and O–H groups in total. The van der Waals surface area contributed by atoms with E-state index in [9.17, 15) is 22.8 Å². The van der Waals surface area contributed by atoms with Crippen molar-refractivity contribution >= 4 is 33.4 Å². The Morgan fingerprint density at radius 2 is 1.87 bits per heavy atom. The molecule has 0 fully saturated rings. The van der Waals surface area contributed by atoms with Gasteiger partial charge in [0.05, 0.1) is 11.4 Å². The zero-order valence-corrected chi connectivity index (χ0v) is 18.2. The summed E-state index contributed by atoms with van der Waals surface area (Å²) < 4.78 is 30.6. The molecule has 0 aliphatic carbocycles. The number of Topliss-reactive ketones (excluding diaryl/α,β-unsaturated/α-hetero) is 1. The molecule has 0 radical (unpaired) electrons. The number of fused-ring (bicyclic) bond motifs is 1. The number of anilines is 1. The first-order valence-corrected chi connectivity index (χ1v) is 11.5. The maximum atomic E-state index is 12.4. The molecule has 8 nitrogen and oxygen atoms in total. The van der Waals surface area contributed by atoms with E-state index >= 15 is 0 Å². The Hall–Kier alpha value is -3.20. The number of carbonyl (C=O) groups excluding carboxylic acids is 3. The first-order valence-electron chi connectivity index (χ1n) is 9.88. The average Bonchev–Trinajstić information content (AvgIpc) is 3.20. The van der Waals surface area contributed by atoms with Gasteiger partial charge in [-0.1, -0.05) is 17.7 Å². The third-order valence-corrected chi connectivity index (χ3v) is 6.77. The number of aryl methyl sites for hydroxylation is 1. The number of ketones is 1. The molecule has 1 heterocycles. The molecule has 2 aromatic carbocycles. The van der Waals surface area contributed by atoms with E-state index < -0.39 is 34.3 Å². The van der Waals surface area contributed by atoms with Gasteiger partial charge in [-0.25, -0.2) is 8.42 Å². The van der Waals surface area contributed by atoms with Gasteiger partial charge >= 0.3 is 5.97 Å². The molecule has 0 unspecified atom stereocenters. The van der Waals surface area contributed by atoms with Gasteiger partial charge in [0.2, 0.25) is 10.0 Å². The second-order valence-corrected chi connectivity index (χ2v) is 9.38. The molecule has 0 saturated heterocycles. The van der Waals surface area contributed by atoms with Gasteiger partial charge in [0.15, 0.2) is 12.4 Å². The molecule has 0 spiro atoms. The van der Waals surface area contributed by atoms with Gasteiger partial charge in [-0.2, -0.15) is 0 Å². The molecule has 0 saturated carbocycles. The molecular weight excluding hydrogens is 420 g/mol. The van der Waals surface area contributed by atoms with E-state index in [1.165, 1.54) is 10.4 Å².